The van der Waals surface area contributed by atoms with E-state index in [9.17, 15) is 9.59 Å². The molecule has 1 aromatic heterocycles. The number of piperidine rings is 1. The summed E-state index contributed by atoms with van der Waals surface area (Å²) in [5.41, 5.74) is 0.446. The molecule has 154 valence electrons. The Kier molecular flexibility index (Phi) is 7.22. The molecule has 6 nitrogen and oxygen atoms in total. The van der Waals surface area contributed by atoms with Crippen LogP contribution in [0, 0.1) is 5.92 Å². The van der Waals surface area contributed by atoms with Crippen LogP contribution in [0.25, 0.3) is 0 Å². The van der Waals surface area contributed by atoms with Crippen LogP contribution in [-0.2, 0) is 4.79 Å². The van der Waals surface area contributed by atoms with E-state index in [4.69, 9.17) is 4.74 Å². The number of para-hydroxylation sites is 1. The lowest BCUT2D eigenvalue weighted by Crippen LogP contribution is -2.43. The number of likely N-dealkylation sites (tertiary alicyclic amines) is 1. The maximum absolute atomic E-state index is 13.1. The second kappa shape index (κ2) is 10.0. The molecular formula is C23H29N3O3. The van der Waals surface area contributed by atoms with Gasteiger partial charge in [0.15, 0.2) is 0 Å². The van der Waals surface area contributed by atoms with E-state index in [0.717, 1.165) is 19.4 Å². The first kappa shape index (κ1) is 20.8. The van der Waals surface area contributed by atoms with Crippen molar-refractivity contribution in [3.8, 4) is 11.6 Å². The van der Waals surface area contributed by atoms with Gasteiger partial charge in [0.2, 0.25) is 11.8 Å². The fourth-order valence-corrected chi connectivity index (χ4v) is 3.55. The van der Waals surface area contributed by atoms with Crippen LogP contribution in [0.3, 0.4) is 0 Å². The van der Waals surface area contributed by atoms with Gasteiger partial charge in [-0.05, 0) is 43.5 Å². The average molecular weight is 396 g/mol. The molecule has 2 amide bonds. The Bertz CT molecular complexity index is 817. The third kappa shape index (κ3) is 5.34. The molecule has 0 spiro atoms. The normalized spacial score (nSPS) is 14.5. The summed E-state index contributed by atoms with van der Waals surface area (Å²) in [5, 5.41) is 0. The van der Waals surface area contributed by atoms with E-state index in [0.29, 0.717) is 43.1 Å². The van der Waals surface area contributed by atoms with Gasteiger partial charge >= 0.3 is 0 Å². The summed E-state index contributed by atoms with van der Waals surface area (Å²) in [6, 6.07) is 12.8. The predicted octanol–water partition coefficient (Wildman–Crippen LogP) is 3.98. The average Bonchev–Trinajstić information content (AvgIpc) is 2.77. The Morgan fingerprint density at radius 2 is 1.86 bits per heavy atom. The van der Waals surface area contributed by atoms with Crippen molar-refractivity contribution < 1.29 is 14.3 Å². The van der Waals surface area contributed by atoms with Crippen molar-refractivity contribution in [1.29, 1.82) is 0 Å². The van der Waals surface area contributed by atoms with Gasteiger partial charge in [-0.1, -0.05) is 31.5 Å². The number of carbonyl (C=O) groups excluding carboxylic acids is 2. The van der Waals surface area contributed by atoms with Crippen LogP contribution in [-0.4, -0.2) is 53.3 Å². The summed E-state index contributed by atoms with van der Waals surface area (Å²) in [6.45, 7) is 4.05. The van der Waals surface area contributed by atoms with E-state index in [1.165, 1.54) is 0 Å². The minimum absolute atomic E-state index is 0.00477. The standard InChI is InChI=1S/C23H29N3O3/c1-3-4-15-25(2)22(27)18-12-16-26(17-13-18)23(28)20-11-8-14-24-21(20)29-19-9-6-5-7-10-19/h5-11,14,18H,3-4,12-13,15-17H2,1-2H3. The SMILES string of the molecule is CCCCN(C)C(=O)C1CCN(C(=O)c2cccnc2Oc2ccccc2)CC1. The molecule has 1 aliphatic rings. The number of carbonyl (C=O) groups is 2. The summed E-state index contributed by atoms with van der Waals surface area (Å²) < 4.78 is 5.83. The van der Waals surface area contributed by atoms with Gasteiger partial charge in [0.1, 0.15) is 11.3 Å². The first-order chi connectivity index (χ1) is 14.1. The molecule has 0 saturated carbocycles. The van der Waals surface area contributed by atoms with Crippen LogP contribution in [0.2, 0.25) is 0 Å². The predicted molar refractivity (Wildman–Crippen MR) is 112 cm³/mol. The third-order valence-corrected chi connectivity index (χ3v) is 5.31. The van der Waals surface area contributed by atoms with Gasteiger partial charge in [-0.3, -0.25) is 9.59 Å². The zero-order chi connectivity index (χ0) is 20.6. The molecule has 0 aliphatic carbocycles. The second-order valence-electron chi connectivity index (χ2n) is 7.45. The Hall–Kier alpha value is -2.89. The van der Waals surface area contributed by atoms with Crippen molar-refractivity contribution in [1.82, 2.24) is 14.8 Å². The van der Waals surface area contributed by atoms with Crippen LogP contribution in [0.15, 0.2) is 48.7 Å². The number of ether oxygens (including phenoxy) is 1. The van der Waals surface area contributed by atoms with Crippen molar-refractivity contribution in [2.24, 2.45) is 5.92 Å². The molecule has 1 aliphatic heterocycles. The van der Waals surface area contributed by atoms with Crippen molar-refractivity contribution in [3.63, 3.8) is 0 Å². The lowest BCUT2D eigenvalue weighted by Gasteiger charge is -2.33. The van der Waals surface area contributed by atoms with E-state index in [2.05, 4.69) is 11.9 Å². The highest BCUT2D eigenvalue weighted by molar-refractivity contribution is 5.96. The van der Waals surface area contributed by atoms with Crippen LogP contribution >= 0.6 is 0 Å². The Morgan fingerprint density at radius 1 is 1.14 bits per heavy atom. The zero-order valence-corrected chi connectivity index (χ0v) is 17.2. The second-order valence-corrected chi connectivity index (χ2v) is 7.45. The zero-order valence-electron chi connectivity index (χ0n) is 17.2. The fourth-order valence-electron chi connectivity index (χ4n) is 3.55. The monoisotopic (exact) mass is 395 g/mol. The Morgan fingerprint density at radius 3 is 2.55 bits per heavy atom. The lowest BCUT2D eigenvalue weighted by atomic mass is 9.95. The van der Waals surface area contributed by atoms with Crippen molar-refractivity contribution in [2.45, 2.75) is 32.6 Å². The highest BCUT2D eigenvalue weighted by atomic mass is 16.5. The Balaban J connectivity index is 1.62. The van der Waals surface area contributed by atoms with Crippen LogP contribution in [0.4, 0.5) is 0 Å². The number of aromatic nitrogens is 1. The van der Waals surface area contributed by atoms with Gasteiger partial charge < -0.3 is 14.5 Å². The number of hydrogen-bond acceptors (Lipinski definition) is 4. The van der Waals surface area contributed by atoms with Crippen LogP contribution < -0.4 is 4.74 Å². The largest absolute Gasteiger partial charge is 0.438 e. The van der Waals surface area contributed by atoms with Crippen LogP contribution in [0.5, 0.6) is 11.6 Å². The van der Waals surface area contributed by atoms with Crippen molar-refractivity contribution in [3.05, 3.63) is 54.2 Å². The van der Waals surface area contributed by atoms with E-state index in [1.807, 2.05) is 42.3 Å². The summed E-state index contributed by atoms with van der Waals surface area (Å²) in [6.07, 6.45) is 5.09. The molecule has 1 aromatic carbocycles. The summed E-state index contributed by atoms with van der Waals surface area (Å²) in [5.74, 6) is 1.03. The topological polar surface area (TPSA) is 62.7 Å². The molecular weight excluding hydrogens is 366 g/mol. The van der Waals surface area contributed by atoms with Gasteiger partial charge in [0.25, 0.3) is 5.91 Å². The minimum atomic E-state index is -0.103. The number of nitrogens with zero attached hydrogens (tertiary/aromatic N) is 3. The Labute approximate surface area is 172 Å². The first-order valence-corrected chi connectivity index (χ1v) is 10.3. The molecule has 29 heavy (non-hydrogen) atoms. The molecule has 2 heterocycles. The molecule has 0 bridgehead atoms. The number of rotatable bonds is 7. The molecule has 0 radical (unpaired) electrons. The molecule has 0 atom stereocenters. The van der Waals surface area contributed by atoms with E-state index in [1.54, 1.807) is 23.2 Å². The third-order valence-electron chi connectivity index (χ3n) is 5.31. The van der Waals surface area contributed by atoms with E-state index < -0.39 is 0 Å². The van der Waals surface area contributed by atoms with Crippen molar-refractivity contribution in [2.75, 3.05) is 26.7 Å². The van der Waals surface area contributed by atoms with Gasteiger partial charge in [-0.15, -0.1) is 0 Å². The minimum Gasteiger partial charge on any atom is -0.438 e. The quantitative estimate of drug-likeness (QED) is 0.711. The summed E-state index contributed by atoms with van der Waals surface area (Å²) in [4.78, 5) is 33.6. The molecule has 1 fully saturated rings. The molecule has 1 saturated heterocycles. The lowest BCUT2D eigenvalue weighted by molar-refractivity contribution is -0.135. The number of amides is 2. The smallest absolute Gasteiger partial charge is 0.259 e. The highest BCUT2D eigenvalue weighted by Gasteiger charge is 2.30. The number of benzene rings is 1. The maximum atomic E-state index is 13.1. The van der Waals surface area contributed by atoms with Gasteiger partial charge in [-0.2, -0.15) is 0 Å². The number of unbranched alkanes of at least 4 members (excludes halogenated alkanes) is 1. The summed E-state index contributed by atoms with van der Waals surface area (Å²) >= 11 is 0. The fraction of sp³-hybridized carbons (Fsp3) is 0.435. The van der Waals surface area contributed by atoms with E-state index >= 15 is 0 Å². The molecule has 2 aromatic rings. The van der Waals surface area contributed by atoms with Gasteiger partial charge in [0.05, 0.1) is 0 Å². The van der Waals surface area contributed by atoms with Gasteiger partial charge in [-0.25, -0.2) is 4.98 Å². The van der Waals surface area contributed by atoms with Crippen LogP contribution in [0.1, 0.15) is 43.0 Å². The molecule has 3 rings (SSSR count). The number of hydrogen-bond donors (Lipinski definition) is 0. The number of pyridine rings is 1. The maximum Gasteiger partial charge on any atom is 0.259 e. The molecule has 0 N–H and O–H groups in total. The molecule has 6 heteroatoms. The van der Waals surface area contributed by atoms with Crippen molar-refractivity contribution >= 4 is 11.8 Å². The first-order valence-electron chi connectivity index (χ1n) is 10.3. The van der Waals surface area contributed by atoms with E-state index in [-0.39, 0.29) is 17.7 Å². The molecule has 0 unspecified atom stereocenters. The summed E-state index contributed by atoms with van der Waals surface area (Å²) in [7, 11) is 1.87. The highest BCUT2D eigenvalue weighted by Crippen LogP contribution is 2.26. The van der Waals surface area contributed by atoms with Gasteiger partial charge in [0, 0.05) is 38.8 Å².